The normalized spacial score (nSPS) is 9.75. The maximum absolute atomic E-state index is 3.74. The smallest absolute Gasteiger partial charge is 0.125 e. The minimum absolute atomic E-state index is 1.05. The number of likely N-dealkylation sites (N-methyl/N-ethyl adjacent to an activating group) is 1. The van der Waals surface area contributed by atoms with Gasteiger partial charge in [-0.2, -0.15) is 0 Å². The minimum atomic E-state index is 1.05. The molecule has 0 aliphatic rings. The third-order valence-corrected chi connectivity index (χ3v) is 1.07. The number of nitrogens with two attached hydrogens (primary N) is 2. The molecule has 0 aliphatic heterocycles. The average molecular weight is 120 g/mol. The van der Waals surface area contributed by atoms with Gasteiger partial charge in [0.25, 0.3) is 0 Å². The van der Waals surface area contributed by atoms with Crippen molar-refractivity contribution < 1.29 is 16.4 Å². The lowest BCUT2D eigenvalue weighted by molar-refractivity contribution is -0.718. The van der Waals surface area contributed by atoms with Crippen LogP contribution in [0.4, 0.5) is 0 Å². The zero-order chi connectivity index (χ0) is 6.24. The van der Waals surface area contributed by atoms with Crippen molar-refractivity contribution in [2.45, 2.75) is 0 Å². The first kappa shape index (κ1) is 7.88. The SMILES string of the molecule is C[NH2+]CC[NH2+]CC[NH3+]. The second-order valence-electron chi connectivity index (χ2n) is 1.92. The van der Waals surface area contributed by atoms with E-state index >= 15 is 0 Å². The van der Waals surface area contributed by atoms with Gasteiger partial charge in [0.05, 0.1) is 7.05 Å². The fourth-order valence-electron chi connectivity index (χ4n) is 0.573. The van der Waals surface area contributed by atoms with Crippen LogP contribution in [-0.4, -0.2) is 33.2 Å². The van der Waals surface area contributed by atoms with E-state index in [1.165, 1.54) is 19.6 Å². The Morgan fingerprint density at radius 3 is 2.50 bits per heavy atom. The Balaban J connectivity index is 2.53. The molecule has 50 valence electrons. The first-order chi connectivity index (χ1) is 3.91. The van der Waals surface area contributed by atoms with Gasteiger partial charge in [-0.25, -0.2) is 0 Å². The van der Waals surface area contributed by atoms with Crippen molar-refractivity contribution in [3.8, 4) is 0 Å². The van der Waals surface area contributed by atoms with E-state index in [9.17, 15) is 0 Å². The average Bonchev–Trinajstić information content (AvgIpc) is 1.81. The van der Waals surface area contributed by atoms with Crippen molar-refractivity contribution in [1.29, 1.82) is 0 Å². The van der Waals surface area contributed by atoms with E-state index in [0.29, 0.717) is 0 Å². The van der Waals surface area contributed by atoms with Gasteiger partial charge in [-0.1, -0.05) is 0 Å². The summed E-state index contributed by atoms with van der Waals surface area (Å²) in [6.07, 6.45) is 0. The second-order valence-corrected chi connectivity index (χ2v) is 1.92. The first-order valence-electron chi connectivity index (χ1n) is 3.30. The standard InChI is InChI=1S/C5H15N3/c1-7-4-5-8-3-2-6/h7-8H,2-6H2,1H3/p+3. The lowest BCUT2D eigenvalue weighted by Crippen LogP contribution is -2.94. The van der Waals surface area contributed by atoms with Crippen molar-refractivity contribution in [3.63, 3.8) is 0 Å². The number of hydrogen-bond donors (Lipinski definition) is 3. The van der Waals surface area contributed by atoms with E-state index in [1.807, 2.05) is 0 Å². The van der Waals surface area contributed by atoms with E-state index in [-0.39, 0.29) is 0 Å². The summed E-state index contributed by atoms with van der Waals surface area (Å²) >= 11 is 0. The Kier molecular flexibility index (Phi) is 6.78. The summed E-state index contributed by atoms with van der Waals surface area (Å²) < 4.78 is 0. The summed E-state index contributed by atoms with van der Waals surface area (Å²) in [5.74, 6) is 0. The first-order valence-corrected chi connectivity index (χ1v) is 3.30. The Morgan fingerprint density at radius 2 is 2.00 bits per heavy atom. The molecular weight excluding hydrogens is 102 g/mol. The largest absolute Gasteiger partial charge is 0.353 e. The van der Waals surface area contributed by atoms with E-state index in [0.717, 1.165) is 6.54 Å². The molecule has 3 heteroatoms. The molecule has 0 fully saturated rings. The molecule has 0 aromatic rings. The lowest BCUT2D eigenvalue weighted by Gasteiger charge is -1.93. The molecule has 3 nitrogen and oxygen atoms in total. The monoisotopic (exact) mass is 120 g/mol. The van der Waals surface area contributed by atoms with Crippen LogP contribution in [0.5, 0.6) is 0 Å². The summed E-state index contributed by atoms with van der Waals surface area (Å²) in [5.41, 5.74) is 3.74. The van der Waals surface area contributed by atoms with Crippen LogP contribution in [0.2, 0.25) is 0 Å². The van der Waals surface area contributed by atoms with Gasteiger partial charge in [0.1, 0.15) is 26.2 Å². The molecule has 0 atom stereocenters. The summed E-state index contributed by atoms with van der Waals surface area (Å²) in [5, 5.41) is 4.49. The van der Waals surface area contributed by atoms with Gasteiger partial charge in [0.15, 0.2) is 0 Å². The Hall–Kier alpha value is -0.120. The van der Waals surface area contributed by atoms with Crippen molar-refractivity contribution >= 4 is 0 Å². The third-order valence-electron chi connectivity index (χ3n) is 1.07. The van der Waals surface area contributed by atoms with Crippen molar-refractivity contribution in [2.75, 3.05) is 33.2 Å². The molecule has 0 saturated carbocycles. The van der Waals surface area contributed by atoms with Gasteiger partial charge < -0.3 is 16.4 Å². The van der Waals surface area contributed by atoms with E-state index in [2.05, 4.69) is 23.4 Å². The predicted molar refractivity (Wildman–Crippen MR) is 32.1 cm³/mol. The molecule has 0 radical (unpaired) electrons. The zero-order valence-corrected chi connectivity index (χ0v) is 5.69. The van der Waals surface area contributed by atoms with Crippen LogP contribution in [0.3, 0.4) is 0 Å². The van der Waals surface area contributed by atoms with Crippen LogP contribution in [0.15, 0.2) is 0 Å². The zero-order valence-electron chi connectivity index (χ0n) is 5.69. The highest BCUT2D eigenvalue weighted by Crippen LogP contribution is 1.29. The molecule has 0 bridgehead atoms. The van der Waals surface area contributed by atoms with Crippen LogP contribution in [0.25, 0.3) is 0 Å². The third kappa shape index (κ3) is 5.88. The molecule has 0 rings (SSSR count). The van der Waals surface area contributed by atoms with Gasteiger partial charge >= 0.3 is 0 Å². The summed E-state index contributed by atoms with van der Waals surface area (Å²) in [7, 11) is 2.10. The second kappa shape index (κ2) is 6.88. The van der Waals surface area contributed by atoms with Gasteiger partial charge in [-0.05, 0) is 0 Å². The van der Waals surface area contributed by atoms with E-state index in [1.54, 1.807) is 0 Å². The highest BCUT2D eigenvalue weighted by Gasteiger charge is 1.87. The van der Waals surface area contributed by atoms with Gasteiger partial charge in [0.2, 0.25) is 0 Å². The fraction of sp³-hybridized carbons (Fsp3) is 1.00. The molecule has 0 amide bonds. The van der Waals surface area contributed by atoms with E-state index < -0.39 is 0 Å². The predicted octanol–water partition coefficient (Wildman–Crippen LogP) is -4.02. The number of hydrogen-bond acceptors (Lipinski definition) is 0. The number of quaternary nitrogens is 3. The molecule has 0 spiro atoms. The quantitative estimate of drug-likeness (QED) is 0.310. The van der Waals surface area contributed by atoms with Crippen LogP contribution in [0, 0.1) is 0 Å². The van der Waals surface area contributed by atoms with Gasteiger partial charge in [0, 0.05) is 0 Å². The number of rotatable bonds is 5. The molecule has 0 aromatic carbocycles. The van der Waals surface area contributed by atoms with Crippen LogP contribution in [-0.2, 0) is 0 Å². The lowest BCUT2D eigenvalue weighted by atomic mass is 10.6. The molecular formula is C5H18N3+3. The molecule has 0 saturated heterocycles. The molecule has 8 heavy (non-hydrogen) atoms. The summed E-state index contributed by atoms with van der Waals surface area (Å²) in [4.78, 5) is 0. The maximum Gasteiger partial charge on any atom is 0.125 e. The molecule has 0 heterocycles. The summed E-state index contributed by atoms with van der Waals surface area (Å²) in [6.45, 7) is 4.67. The molecule has 0 aromatic heterocycles. The molecule has 0 unspecified atom stereocenters. The van der Waals surface area contributed by atoms with Crippen LogP contribution in [0.1, 0.15) is 0 Å². The van der Waals surface area contributed by atoms with Crippen LogP contribution < -0.4 is 16.4 Å². The Bertz CT molecular complexity index is 32.7. The van der Waals surface area contributed by atoms with E-state index in [4.69, 9.17) is 0 Å². The Labute approximate surface area is 50.6 Å². The van der Waals surface area contributed by atoms with Crippen molar-refractivity contribution in [2.24, 2.45) is 0 Å². The molecule has 0 aliphatic carbocycles. The fourth-order valence-corrected chi connectivity index (χ4v) is 0.573. The summed E-state index contributed by atoms with van der Waals surface area (Å²) in [6, 6.07) is 0. The van der Waals surface area contributed by atoms with Gasteiger partial charge in [-0.15, -0.1) is 0 Å². The topological polar surface area (TPSA) is 60.9 Å². The van der Waals surface area contributed by atoms with Gasteiger partial charge in [-0.3, -0.25) is 0 Å². The highest BCUT2D eigenvalue weighted by molar-refractivity contribution is 4.14. The van der Waals surface area contributed by atoms with Crippen molar-refractivity contribution in [1.82, 2.24) is 0 Å². The maximum atomic E-state index is 3.74. The highest BCUT2D eigenvalue weighted by atomic mass is 14.9. The van der Waals surface area contributed by atoms with Crippen molar-refractivity contribution in [3.05, 3.63) is 0 Å². The molecule has 7 N–H and O–H groups in total. The minimum Gasteiger partial charge on any atom is -0.353 e. The Morgan fingerprint density at radius 1 is 1.25 bits per heavy atom. The van der Waals surface area contributed by atoms with Crippen LogP contribution >= 0.6 is 0 Å².